The molecule has 0 unspecified atom stereocenters. The summed E-state index contributed by atoms with van der Waals surface area (Å²) in [5, 5.41) is 13.3. The lowest BCUT2D eigenvalue weighted by molar-refractivity contribution is -0.137. The van der Waals surface area contributed by atoms with Crippen LogP contribution in [0.15, 0.2) is 30.5 Å². The van der Waals surface area contributed by atoms with Gasteiger partial charge in [0.25, 0.3) is 0 Å². The standard InChI is InChI=1S/C13H13ClN2O3/c1-19-10-4-2-9(3-5-10)6-12-11(14)7-16(15-12)8-13(17)18/h2-5,7H,6,8H2,1H3,(H,17,18). The molecule has 0 amide bonds. The third-order valence-electron chi connectivity index (χ3n) is 2.62. The zero-order valence-electron chi connectivity index (χ0n) is 10.3. The zero-order valence-corrected chi connectivity index (χ0v) is 11.1. The van der Waals surface area contributed by atoms with Gasteiger partial charge in [0.05, 0.1) is 17.8 Å². The van der Waals surface area contributed by atoms with Crippen LogP contribution in [0, 0.1) is 0 Å². The van der Waals surface area contributed by atoms with Crippen LogP contribution in [0.1, 0.15) is 11.3 Å². The van der Waals surface area contributed by atoms with Gasteiger partial charge in [0.1, 0.15) is 12.3 Å². The van der Waals surface area contributed by atoms with Gasteiger partial charge in [0, 0.05) is 12.6 Å². The molecule has 0 saturated carbocycles. The van der Waals surface area contributed by atoms with Gasteiger partial charge in [0.15, 0.2) is 0 Å². The number of carboxylic acids is 1. The summed E-state index contributed by atoms with van der Waals surface area (Å²) >= 11 is 6.04. The van der Waals surface area contributed by atoms with Crippen LogP contribution in [0.3, 0.4) is 0 Å². The molecular formula is C13H13ClN2O3. The van der Waals surface area contributed by atoms with Crippen molar-refractivity contribution in [3.8, 4) is 5.75 Å². The molecule has 0 fully saturated rings. The largest absolute Gasteiger partial charge is 0.497 e. The first kappa shape index (κ1) is 13.4. The highest BCUT2D eigenvalue weighted by Gasteiger charge is 2.09. The predicted octanol–water partition coefficient (Wildman–Crippen LogP) is 2.22. The third-order valence-corrected chi connectivity index (χ3v) is 2.93. The zero-order chi connectivity index (χ0) is 13.8. The number of hydrogen-bond donors (Lipinski definition) is 1. The van der Waals surface area contributed by atoms with E-state index in [-0.39, 0.29) is 6.54 Å². The number of nitrogens with zero attached hydrogens (tertiary/aromatic N) is 2. The van der Waals surface area contributed by atoms with E-state index in [9.17, 15) is 4.79 Å². The number of carboxylic acid groups (broad SMARTS) is 1. The van der Waals surface area contributed by atoms with Crippen LogP contribution in [-0.2, 0) is 17.8 Å². The number of aromatic nitrogens is 2. The van der Waals surface area contributed by atoms with Gasteiger partial charge in [-0.1, -0.05) is 23.7 Å². The topological polar surface area (TPSA) is 64.4 Å². The Morgan fingerprint density at radius 2 is 2.11 bits per heavy atom. The van der Waals surface area contributed by atoms with E-state index in [1.807, 2.05) is 24.3 Å². The summed E-state index contributed by atoms with van der Waals surface area (Å²) in [6.45, 7) is -0.192. The average Bonchev–Trinajstić information content (AvgIpc) is 2.69. The Kier molecular flexibility index (Phi) is 4.06. The first-order valence-electron chi connectivity index (χ1n) is 5.65. The van der Waals surface area contributed by atoms with E-state index in [1.54, 1.807) is 7.11 Å². The van der Waals surface area contributed by atoms with Crippen molar-refractivity contribution in [3.63, 3.8) is 0 Å². The van der Waals surface area contributed by atoms with Crippen LogP contribution >= 0.6 is 11.6 Å². The van der Waals surface area contributed by atoms with Gasteiger partial charge >= 0.3 is 5.97 Å². The van der Waals surface area contributed by atoms with Crippen LogP contribution in [0.25, 0.3) is 0 Å². The summed E-state index contributed by atoms with van der Waals surface area (Å²) in [6, 6.07) is 7.56. The van der Waals surface area contributed by atoms with Gasteiger partial charge in [0.2, 0.25) is 0 Å². The van der Waals surface area contributed by atoms with Crippen molar-refractivity contribution in [3.05, 3.63) is 46.7 Å². The Balaban J connectivity index is 2.13. The molecule has 1 aromatic carbocycles. The Hall–Kier alpha value is -2.01. The molecule has 19 heavy (non-hydrogen) atoms. The molecule has 0 atom stereocenters. The summed E-state index contributed by atoms with van der Waals surface area (Å²) in [5.41, 5.74) is 1.69. The molecule has 5 nitrogen and oxygen atoms in total. The predicted molar refractivity (Wildman–Crippen MR) is 70.7 cm³/mol. The van der Waals surface area contributed by atoms with Crippen LogP contribution in [0.4, 0.5) is 0 Å². The van der Waals surface area contributed by atoms with Gasteiger partial charge in [-0.25, -0.2) is 0 Å². The normalized spacial score (nSPS) is 10.4. The first-order valence-corrected chi connectivity index (χ1v) is 6.03. The minimum atomic E-state index is -0.949. The molecule has 2 aromatic rings. The fraction of sp³-hybridized carbons (Fsp3) is 0.231. The maximum absolute atomic E-state index is 10.6. The Morgan fingerprint density at radius 3 is 2.68 bits per heavy atom. The van der Waals surface area contributed by atoms with Crippen LogP contribution in [0.5, 0.6) is 5.75 Å². The van der Waals surface area contributed by atoms with E-state index >= 15 is 0 Å². The van der Waals surface area contributed by atoms with Crippen molar-refractivity contribution in [2.75, 3.05) is 7.11 Å². The lowest BCUT2D eigenvalue weighted by atomic mass is 10.1. The van der Waals surface area contributed by atoms with Gasteiger partial charge in [-0.2, -0.15) is 5.10 Å². The smallest absolute Gasteiger partial charge is 0.325 e. The summed E-state index contributed by atoms with van der Waals surface area (Å²) < 4.78 is 6.40. The summed E-state index contributed by atoms with van der Waals surface area (Å²) in [6.07, 6.45) is 2.07. The Bertz CT molecular complexity index is 578. The van der Waals surface area contributed by atoms with E-state index in [4.69, 9.17) is 21.4 Å². The van der Waals surface area contributed by atoms with Crippen LogP contribution in [-0.4, -0.2) is 28.0 Å². The van der Waals surface area contributed by atoms with Gasteiger partial charge in [-0.05, 0) is 17.7 Å². The van der Waals surface area contributed by atoms with Crippen molar-refractivity contribution >= 4 is 17.6 Å². The number of ether oxygens (including phenoxy) is 1. The van der Waals surface area contributed by atoms with E-state index in [1.165, 1.54) is 10.9 Å². The second kappa shape index (κ2) is 5.75. The number of carbonyl (C=O) groups is 1. The lowest BCUT2D eigenvalue weighted by Gasteiger charge is -2.02. The number of hydrogen-bond acceptors (Lipinski definition) is 3. The molecule has 0 aliphatic rings. The summed E-state index contributed by atoms with van der Waals surface area (Å²) in [5.74, 6) is -0.165. The molecular weight excluding hydrogens is 268 g/mol. The molecule has 2 rings (SSSR count). The molecule has 0 bridgehead atoms. The average molecular weight is 281 g/mol. The molecule has 0 aliphatic heterocycles. The maximum atomic E-state index is 10.6. The number of halogens is 1. The molecule has 1 N–H and O–H groups in total. The van der Waals surface area contributed by atoms with E-state index < -0.39 is 5.97 Å². The highest BCUT2D eigenvalue weighted by molar-refractivity contribution is 6.31. The third kappa shape index (κ3) is 3.48. The summed E-state index contributed by atoms with van der Waals surface area (Å²) in [4.78, 5) is 10.6. The number of methoxy groups -OCH3 is 1. The molecule has 0 aliphatic carbocycles. The number of rotatable bonds is 5. The van der Waals surface area contributed by atoms with Gasteiger partial charge in [-0.3, -0.25) is 9.48 Å². The van der Waals surface area contributed by atoms with Crippen molar-refractivity contribution in [2.24, 2.45) is 0 Å². The number of benzene rings is 1. The van der Waals surface area contributed by atoms with Crippen molar-refractivity contribution in [2.45, 2.75) is 13.0 Å². The van der Waals surface area contributed by atoms with Crippen LogP contribution in [0.2, 0.25) is 5.02 Å². The minimum Gasteiger partial charge on any atom is -0.497 e. The lowest BCUT2D eigenvalue weighted by Crippen LogP contribution is -2.09. The fourth-order valence-corrected chi connectivity index (χ4v) is 1.93. The monoisotopic (exact) mass is 280 g/mol. The minimum absolute atomic E-state index is 0.192. The molecule has 0 saturated heterocycles. The van der Waals surface area contributed by atoms with E-state index in [2.05, 4.69) is 5.10 Å². The molecule has 1 heterocycles. The summed E-state index contributed by atoms with van der Waals surface area (Å²) in [7, 11) is 1.61. The molecule has 100 valence electrons. The molecule has 0 spiro atoms. The fourth-order valence-electron chi connectivity index (χ4n) is 1.71. The highest BCUT2D eigenvalue weighted by Crippen LogP contribution is 2.19. The van der Waals surface area contributed by atoms with Crippen molar-refractivity contribution in [1.29, 1.82) is 0 Å². The quantitative estimate of drug-likeness (QED) is 0.912. The Morgan fingerprint density at radius 1 is 1.42 bits per heavy atom. The molecule has 0 radical (unpaired) electrons. The van der Waals surface area contributed by atoms with Crippen molar-refractivity contribution in [1.82, 2.24) is 9.78 Å². The molecule has 6 heteroatoms. The first-order chi connectivity index (χ1) is 9.08. The second-order valence-electron chi connectivity index (χ2n) is 4.04. The Labute approximate surface area is 115 Å². The highest BCUT2D eigenvalue weighted by atomic mass is 35.5. The van der Waals surface area contributed by atoms with Crippen LogP contribution < -0.4 is 4.74 Å². The molecule has 1 aromatic heterocycles. The van der Waals surface area contributed by atoms with E-state index in [0.717, 1.165) is 11.3 Å². The maximum Gasteiger partial charge on any atom is 0.325 e. The van der Waals surface area contributed by atoms with Crippen molar-refractivity contribution < 1.29 is 14.6 Å². The number of aliphatic carboxylic acids is 1. The van der Waals surface area contributed by atoms with Gasteiger partial charge in [-0.15, -0.1) is 0 Å². The van der Waals surface area contributed by atoms with Gasteiger partial charge < -0.3 is 9.84 Å². The SMILES string of the molecule is COc1ccc(Cc2nn(CC(=O)O)cc2Cl)cc1. The van der Waals surface area contributed by atoms with E-state index in [0.29, 0.717) is 17.1 Å². The second-order valence-corrected chi connectivity index (χ2v) is 4.45.